The van der Waals surface area contributed by atoms with Crippen molar-refractivity contribution in [2.45, 2.75) is 103 Å². The van der Waals surface area contributed by atoms with Crippen LogP contribution in [0.25, 0.3) is 0 Å². The van der Waals surface area contributed by atoms with Crippen LogP contribution in [0.1, 0.15) is 92.9 Å². The highest BCUT2D eigenvalue weighted by molar-refractivity contribution is 8.02. The number of hydrogen-bond donors (Lipinski definition) is 0. The average Bonchev–Trinajstić information content (AvgIpc) is 3.01. The largest absolute Gasteiger partial charge is 0.150 e. The molecule has 0 aliphatic rings. The van der Waals surface area contributed by atoms with Gasteiger partial charge < -0.3 is 0 Å². The van der Waals surface area contributed by atoms with Crippen LogP contribution in [-0.4, -0.2) is 11.5 Å². The minimum Gasteiger partial charge on any atom is -0.150 e. The molecule has 1 rings (SSSR count). The first-order chi connectivity index (χ1) is 12.9. The van der Waals surface area contributed by atoms with Crippen molar-refractivity contribution in [2.24, 2.45) is 23.7 Å². The summed E-state index contributed by atoms with van der Waals surface area (Å²) in [5.41, 5.74) is 0. The lowest BCUT2D eigenvalue weighted by molar-refractivity contribution is 0.451. The van der Waals surface area contributed by atoms with Crippen LogP contribution in [0.3, 0.4) is 0 Å². The minimum absolute atomic E-state index is 0.856. The zero-order valence-electron chi connectivity index (χ0n) is 18.8. The first kappa shape index (κ1) is 25.4. The van der Waals surface area contributed by atoms with Gasteiger partial charge in [-0.25, -0.2) is 0 Å². The Morgan fingerprint density at radius 2 is 1.04 bits per heavy atom. The molecule has 1 aromatic heterocycles. The van der Waals surface area contributed by atoms with Gasteiger partial charge in [-0.3, -0.25) is 0 Å². The third-order valence-electron chi connectivity index (χ3n) is 5.29. The van der Waals surface area contributed by atoms with E-state index in [-0.39, 0.29) is 0 Å². The van der Waals surface area contributed by atoms with Gasteiger partial charge in [-0.1, -0.05) is 80.1 Å². The number of thiophene rings is 1. The van der Waals surface area contributed by atoms with E-state index in [1.165, 1.54) is 72.7 Å². The normalized spacial score (nSPS) is 14.2. The van der Waals surface area contributed by atoms with Crippen LogP contribution >= 0.6 is 34.9 Å². The molecule has 0 spiro atoms. The molecule has 0 aliphatic carbocycles. The molecule has 0 N–H and O–H groups in total. The molecular formula is C24H44S3. The van der Waals surface area contributed by atoms with E-state index in [2.05, 4.69) is 75.8 Å². The summed E-state index contributed by atoms with van der Waals surface area (Å²) in [4.78, 5) is 3.07. The summed E-state index contributed by atoms with van der Waals surface area (Å²) in [6.07, 6.45) is 11.1. The maximum atomic E-state index is 2.44. The molecule has 1 aromatic rings. The predicted octanol–water partition coefficient (Wildman–Crippen LogP) is 9.64. The molecule has 0 saturated carbocycles. The van der Waals surface area contributed by atoms with Crippen molar-refractivity contribution in [3.8, 4) is 0 Å². The lowest BCUT2D eigenvalue weighted by atomic mass is 9.98. The second-order valence-corrected chi connectivity index (χ2v) is 12.3. The first-order valence-electron chi connectivity index (χ1n) is 11.2. The van der Waals surface area contributed by atoms with E-state index in [1.807, 2.05) is 11.3 Å². The predicted molar refractivity (Wildman–Crippen MR) is 131 cm³/mol. The lowest BCUT2D eigenvalue weighted by Gasteiger charge is -2.13. The average molecular weight is 429 g/mol. The molecule has 0 amide bonds. The van der Waals surface area contributed by atoms with E-state index in [0.29, 0.717) is 0 Å². The van der Waals surface area contributed by atoms with Crippen LogP contribution in [0.4, 0.5) is 0 Å². The molecule has 2 atom stereocenters. The summed E-state index contributed by atoms with van der Waals surface area (Å²) in [6, 6.07) is 0. The fourth-order valence-electron chi connectivity index (χ4n) is 3.26. The van der Waals surface area contributed by atoms with Crippen molar-refractivity contribution >= 4 is 34.9 Å². The van der Waals surface area contributed by atoms with Crippen LogP contribution in [0.5, 0.6) is 0 Å². The molecule has 0 nitrogen and oxygen atoms in total. The highest BCUT2D eigenvalue weighted by Crippen LogP contribution is 2.36. The molecule has 0 radical (unpaired) electrons. The SMILES string of the molecule is CC(C)CCC[C@H](C)CCSc1cscc1SCC[C@@H](C)CCCC(C)C. The van der Waals surface area contributed by atoms with Crippen LogP contribution in [0.15, 0.2) is 20.6 Å². The van der Waals surface area contributed by atoms with Gasteiger partial charge in [0.1, 0.15) is 0 Å². The Morgan fingerprint density at radius 1 is 0.630 bits per heavy atom. The summed E-state index contributed by atoms with van der Waals surface area (Å²) in [5, 5.41) is 4.73. The number of hydrogen-bond acceptors (Lipinski definition) is 3. The Morgan fingerprint density at radius 3 is 1.41 bits per heavy atom. The molecule has 1 heterocycles. The zero-order chi connectivity index (χ0) is 20.1. The van der Waals surface area contributed by atoms with Gasteiger partial charge >= 0.3 is 0 Å². The molecule has 0 aromatic carbocycles. The maximum Gasteiger partial charge on any atom is 0.0315 e. The molecule has 158 valence electrons. The zero-order valence-corrected chi connectivity index (χ0v) is 21.2. The Balaban J connectivity index is 2.18. The van der Waals surface area contributed by atoms with Crippen LogP contribution in [0.2, 0.25) is 0 Å². The Hall–Kier alpha value is 0.400. The van der Waals surface area contributed by atoms with Gasteiger partial charge in [-0.05, 0) is 48.0 Å². The maximum absolute atomic E-state index is 2.44. The summed E-state index contributed by atoms with van der Waals surface area (Å²) < 4.78 is 0. The van der Waals surface area contributed by atoms with Gasteiger partial charge in [0.2, 0.25) is 0 Å². The third kappa shape index (κ3) is 13.3. The fraction of sp³-hybridized carbons (Fsp3) is 0.833. The van der Waals surface area contributed by atoms with Crippen molar-refractivity contribution in [2.75, 3.05) is 11.5 Å². The van der Waals surface area contributed by atoms with Crippen molar-refractivity contribution in [3.63, 3.8) is 0 Å². The molecule has 0 bridgehead atoms. The van der Waals surface area contributed by atoms with Gasteiger partial charge in [0.05, 0.1) is 0 Å². The second-order valence-electron chi connectivity index (χ2n) is 9.23. The van der Waals surface area contributed by atoms with Crippen LogP contribution in [-0.2, 0) is 0 Å². The Labute approximate surface area is 183 Å². The molecular weight excluding hydrogens is 384 g/mol. The van der Waals surface area contributed by atoms with Crippen molar-refractivity contribution in [1.29, 1.82) is 0 Å². The summed E-state index contributed by atoms with van der Waals surface area (Å²) in [5.74, 6) is 6.01. The third-order valence-corrected chi connectivity index (χ3v) is 8.63. The van der Waals surface area contributed by atoms with Crippen LogP contribution in [0, 0.1) is 23.7 Å². The Bertz CT molecular complexity index is 423. The fourth-order valence-corrected chi connectivity index (χ4v) is 7.09. The van der Waals surface area contributed by atoms with E-state index in [4.69, 9.17) is 0 Å². The van der Waals surface area contributed by atoms with Gasteiger partial charge in [-0.15, -0.1) is 23.5 Å². The Kier molecular flexibility index (Phi) is 14.4. The van der Waals surface area contributed by atoms with E-state index >= 15 is 0 Å². The quantitative estimate of drug-likeness (QED) is 0.240. The second kappa shape index (κ2) is 15.3. The molecule has 27 heavy (non-hydrogen) atoms. The summed E-state index contributed by atoms with van der Waals surface area (Å²) in [7, 11) is 0. The van der Waals surface area contributed by atoms with Crippen molar-refractivity contribution in [1.82, 2.24) is 0 Å². The van der Waals surface area contributed by atoms with Gasteiger partial charge in [0.25, 0.3) is 0 Å². The molecule has 3 heteroatoms. The summed E-state index contributed by atoms with van der Waals surface area (Å²) in [6.45, 7) is 14.2. The highest BCUT2D eigenvalue weighted by atomic mass is 32.2. The van der Waals surface area contributed by atoms with Gasteiger partial charge in [0.15, 0.2) is 0 Å². The minimum atomic E-state index is 0.856. The monoisotopic (exact) mass is 428 g/mol. The highest BCUT2D eigenvalue weighted by Gasteiger charge is 2.09. The molecule has 0 saturated heterocycles. The summed E-state index contributed by atoms with van der Waals surface area (Å²) >= 11 is 6.05. The molecule has 0 fully saturated rings. The molecule has 0 aliphatic heterocycles. The number of thioether (sulfide) groups is 2. The van der Waals surface area contributed by atoms with E-state index in [1.54, 1.807) is 0 Å². The van der Waals surface area contributed by atoms with E-state index in [9.17, 15) is 0 Å². The first-order valence-corrected chi connectivity index (χ1v) is 14.1. The smallest absolute Gasteiger partial charge is 0.0315 e. The van der Waals surface area contributed by atoms with Crippen LogP contribution < -0.4 is 0 Å². The molecule has 0 unspecified atom stereocenters. The van der Waals surface area contributed by atoms with E-state index in [0.717, 1.165) is 23.7 Å². The van der Waals surface area contributed by atoms with Gasteiger partial charge in [-0.2, -0.15) is 11.3 Å². The van der Waals surface area contributed by atoms with E-state index < -0.39 is 0 Å². The standard InChI is InChI=1S/C24H44S3/c1-19(2)9-7-11-21(5)13-15-26-23-17-25-18-24(23)27-16-14-22(6)12-8-10-20(3)4/h17-22H,7-16H2,1-6H3/t21-,22-/m0/s1. The van der Waals surface area contributed by atoms with Crippen molar-refractivity contribution in [3.05, 3.63) is 10.8 Å². The lowest BCUT2D eigenvalue weighted by Crippen LogP contribution is -1.99. The number of rotatable bonds is 16. The van der Waals surface area contributed by atoms with Gasteiger partial charge in [0, 0.05) is 20.6 Å². The van der Waals surface area contributed by atoms with Crippen molar-refractivity contribution < 1.29 is 0 Å². The topological polar surface area (TPSA) is 0 Å².